The summed E-state index contributed by atoms with van der Waals surface area (Å²) in [6.45, 7) is 8.23. The molecule has 74 valence electrons. The van der Waals surface area contributed by atoms with Crippen LogP contribution < -0.4 is 5.32 Å². The van der Waals surface area contributed by atoms with E-state index in [9.17, 15) is 0 Å². The second-order valence-electron chi connectivity index (χ2n) is 3.78. The van der Waals surface area contributed by atoms with Crippen molar-refractivity contribution in [3.05, 3.63) is 23.8 Å². The van der Waals surface area contributed by atoms with E-state index in [4.69, 9.17) is 0 Å². The average Bonchev–Trinajstić information content (AvgIpc) is 2.64. The zero-order valence-electron chi connectivity index (χ0n) is 8.73. The molecule has 13 heavy (non-hydrogen) atoms. The maximum Gasteiger partial charge on any atom is 0.0161 e. The van der Waals surface area contributed by atoms with Crippen LogP contribution in [0.5, 0.6) is 0 Å². The van der Waals surface area contributed by atoms with Gasteiger partial charge in [-0.2, -0.15) is 0 Å². The Morgan fingerprint density at radius 2 is 2.46 bits per heavy atom. The minimum absolute atomic E-state index is 0.990. The van der Waals surface area contributed by atoms with Crippen LogP contribution >= 0.6 is 0 Å². The van der Waals surface area contributed by atoms with Crippen molar-refractivity contribution in [1.82, 2.24) is 5.32 Å². The fourth-order valence-electron chi connectivity index (χ4n) is 1.60. The summed E-state index contributed by atoms with van der Waals surface area (Å²) in [5.74, 6) is 0. The Hall–Kier alpha value is -0.560. The van der Waals surface area contributed by atoms with Gasteiger partial charge < -0.3 is 5.32 Å². The molecule has 0 aliphatic heterocycles. The van der Waals surface area contributed by atoms with Gasteiger partial charge in [0.2, 0.25) is 0 Å². The van der Waals surface area contributed by atoms with Gasteiger partial charge in [-0.05, 0) is 38.6 Å². The number of hydrogen-bond donors (Lipinski definition) is 1. The third-order valence-corrected chi connectivity index (χ3v) is 2.63. The van der Waals surface area contributed by atoms with Gasteiger partial charge in [-0.25, -0.2) is 0 Å². The molecule has 0 unspecified atom stereocenters. The predicted octanol–water partition coefficient (Wildman–Crippen LogP) is 3.04. The second-order valence-corrected chi connectivity index (χ2v) is 3.78. The molecule has 0 radical (unpaired) electrons. The van der Waals surface area contributed by atoms with E-state index >= 15 is 0 Å². The summed E-state index contributed by atoms with van der Waals surface area (Å²) in [4.78, 5) is 0. The molecular weight excluding hydrogens is 158 g/mol. The summed E-state index contributed by atoms with van der Waals surface area (Å²) < 4.78 is 0. The topological polar surface area (TPSA) is 12.0 Å². The lowest BCUT2D eigenvalue weighted by atomic mass is 10.1. The highest BCUT2D eigenvalue weighted by molar-refractivity contribution is 5.07. The number of rotatable bonds is 6. The molecule has 0 heterocycles. The standard InChI is InChI=1S/C12H21N/c1-3-11(2)10-13-9-8-12-6-4-5-7-12/h6,13H,2-5,7-10H2,1H3. The van der Waals surface area contributed by atoms with Crippen molar-refractivity contribution in [3.63, 3.8) is 0 Å². The van der Waals surface area contributed by atoms with Crippen molar-refractivity contribution in [1.29, 1.82) is 0 Å². The first kappa shape index (κ1) is 10.5. The van der Waals surface area contributed by atoms with Gasteiger partial charge >= 0.3 is 0 Å². The van der Waals surface area contributed by atoms with Crippen molar-refractivity contribution < 1.29 is 0 Å². The Balaban J connectivity index is 1.97. The van der Waals surface area contributed by atoms with Crippen molar-refractivity contribution in [2.75, 3.05) is 13.1 Å². The summed E-state index contributed by atoms with van der Waals surface area (Å²) >= 11 is 0. The van der Waals surface area contributed by atoms with E-state index in [0.717, 1.165) is 19.5 Å². The molecular formula is C12H21N. The molecule has 0 aromatic heterocycles. The largest absolute Gasteiger partial charge is 0.313 e. The summed E-state index contributed by atoms with van der Waals surface area (Å²) in [7, 11) is 0. The van der Waals surface area contributed by atoms with Gasteiger partial charge in [0, 0.05) is 6.54 Å². The molecule has 0 amide bonds. The second kappa shape index (κ2) is 5.98. The van der Waals surface area contributed by atoms with Gasteiger partial charge in [-0.15, -0.1) is 0 Å². The Bertz CT molecular complexity index is 191. The SMILES string of the molecule is C=C(CC)CNCCC1=CCCC1. The van der Waals surface area contributed by atoms with E-state index < -0.39 is 0 Å². The van der Waals surface area contributed by atoms with Crippen molar-refractivity contribution in [2.45, 2.75) is 39.0 Å². The third-order valence-electron chi connectivity index (χ3n) is 2.63. The monoisotopic (exact) mass is 179 g/mol. The Morgan fingerprint density at radius 1 is 1.62 bits per heavy atom. The molecule has 1 heteroatoms. The lowest BCUT2D eigenvalue weighted by Crippen LogP contribution is -2.18. The first-order valence-corrected chi connectivity index (χ1v) is 5.38. The van der Waals surface area contributed by atoms with E-state index in [1.54, 1.807) is 5.57 Å². The van der Waals surface area contributed by atoms with Crippen LogP contribution in [0.1, 0.15) is 39.0 Å². The number of nitrogens with one attached hydrogen (secondary N) is 1. The van der Waals surface area contributed by atoms with Crippen molar-refractivity contribution in [3.8, 4) is 0 Å². The molecule has 0 fully saturated rings. The Morgan fingerprint density at radius 3 is 3.08 bits per heavy atom. The summed E-state index contributed by atoms with van der Waals surface area (Å²) in [5, 5.41) is 3.42. The van der Waals surface area contributed by atoms with Crippen LogP contribution in [-0.4, -0.2) is 13.1 Å². The summed E-state index contributed by atoms with van der Waals surface area (Å²) in [5.41, 5.74) is 2.95. The van der Waals surface area contributed by atoms with E-state index in [1.807, 2.05) is 0 Å². The maximum absolute atomic E-state index is 3.97. The fraction of sp³-hybridized carbons (Fsp3) is 0.667. The average molecular weight is 179 g/mol. The first-order valence-electron chi connectivity index (χ1n) is 5.38. The number of hydrogen-bond acceptors (Lipinski definition) is 1. The van der Waals surface area contributed by atoms with Gasteiger partial charge in [0.25, 0.3) is 0 Å². The molecule has 1 nitrogen and oxygen atoms in total. The fourth-order valence-corrected chi connectivity index (χ4v) is 1.60. The molecule has 0 aromatic carbocycles. The summed E-state index contributed by atoms with van der Waals surface area (Å²) in [6.07, 6.45) is 8.73. The molecule has 0 aromatic rings. The third kappa shape index (κ3) is 4.28. The maximum atomic E-state index is 3.97. The molecule has 1 aliphatic rings. The van der Waals surface area contributed by atoms with Crippen LogP contribution in [0.4, 0.5) is 0 Å². The highest BCUT2D eigenvalue weighted by atomic mass is 14.8. The zero-order valence-corrected chi connectivity index (χ0v) is 8.73. The molecule has 0 saturated heterocycles. The van der Waals surface area contributed by atoms with Gasteiger partial charge in [-0.1, -0.05) is 30.7 Å². The lowest BCUT2D eigenvalue weighted by Gasteiger charge is -2.05. The van der Waals surface area contributed by atoms with Crippen LogP contribution in [0.15, 0.2) is 23.8 Å². The van der Waals surface area contributed by atoms with Gasteiger partial charge in [0.15, 0.2) is 0 Å². The Kier molecular flexibility index (Phi) is 4.84. The van der Waals surface area contributed by atoms with Crippen molar-refractivity contribution in [2.24, 2.45) is 0 Å². The highest BCUT2D eigenvalue weighted by Crippen LogP contribution is 2.19. The van der Waals surface area contributed by atoms with E-state index in [1.165, 1.54) is 31.3 Å². The molecule has 0 spiro atoms. The van der Waals surface area contributed by atoms with Crippen LogP contribution in [0.2, 0.25) is 0 Å². The van der Waals surface area contributed by atoms with Crippen LogP contribution in [0, 0.1) is 0 Å². The molecule has 0 atom stereocenters. The zero-order chi connectivity index (χ0) is 9.52. The minimum Gasteiger partial charge on any atom is -0.313 e. The first-order chi connectivity index (χ1) is 6.33. The van der Waals surface area contributed by atoms with Gasteiger partial charge in [-0.3, -0.25) is 0 Å². The molecule has 1 aliphatic carbocycles. The minimum atomic E-state index is 0.990. The summed E-state index contributed by atoms with van der Waals surface area (Å²) in [6, 6.07) is 0. The molecule has 1 N–H and O–H groups in total. The van der Waals surface area contributed by atoms with Crippen LogP contribution in [0.25, 0.3) is 0 Å². The van der Waals surface area contributed by atoms with Gasteiger partial charge in [0.05, 0.1) is 0 Å². The van der Waals surface area contributed by atoms with Gasteiger partial charge in [0.1, 0.15) is 0 Å². The predicted molar refractivity (Wildman–Crippen MR) is 58.9 cm³/mol. The van der Waals surface area contributed by atoms with Crippen LogP contribution in [-0.2, 0) is 0 Å². The molecule has 0 bridgehead atoms. The lowest BCUT2D eigenvalue weighted by molar-refractivity contribution is 0.703. The van der Waals surface area contributed by atoms with E-state index in [0.29, 0.717) is 0 Å². The molecule has 0 saturated carbocycles. The van der Waals surface area contributed by atoms with E-state index in [-0.39, 0.29) is 0 Å². The number of allylic oxidation sites excluding steroid dienone is 1. The van der Waals surface area contributed by atoms with Crippen LogP contribution in [0.3, 0.4) is 0 Å². The van der Waals surface area contributed by atoms with Crippen molar-refractivity contribution >= 4 is 0 Å². The quantitative estimate of drug-likeness (QED) is 0.488. The Labute approximate surface area is 81.9 Å². The molecule has 1 rings (SSSR count). The van der Waals surface area contributed by atoms with E-state index in [2.05, 4.69) is 24.9 Å². The normalized spacial score (nSPS) is 15.9. The smallest absolute Gasteiger partial charge is 0.0161 e. The highest BCUT2D eigenvalue weighted by Gasteiger charge is 2.03.